The van der Waals surface area contributed by atoms with Crippen molar-refractivity contribution >= 4 is 11.8 Å². The van der Waals surface area contributed by atoms with Crippen LogP contribution in [0.25, 0.3) is 0 Å². The molecule has 0 aliphatic carbocycles. The molecule has 0 radical (unpaired) electrons. The van der Waals surface area contributed by atoms with E-state index >= 15 is 0 Å². The fourth-order valence-electron chi connectivity index (χ4n) is 2.23. The molecule has 6 heteroatoms. The number of rotatable bonds is 7. The number of carbonyl (C=O) groups is 2. The van der Waals surface area contributed by atoms with Crippen molar-refractivity contribution in [3.8, 4) is 11.5 Å². The van der Waals surface area contributed by atoms with Crippen molar-refractivity contribution in [2.75, 3.05) is 20.8 Å². The van der Waals surface area contributed by atoms with Gasteiger partial charge < -0.3 is 20.1 Å². The lowest BCUT2D eigenvalue weighted by Crippen LogP contribution is -2.40. The van der Waals surface area contributed by atoms with Crippen molar-refractivity contribution in [1.29, 1.82) is 0 Å². The summed E-state index contributed by atoms with van der Waals surface area (Å²) in [5.41, 5.74) is 1.91. The zero-order valence-electron chi connectivity index (χ0n) is 14.4. The lowest BCUT2D eigenvalue weighted by molar-refractivity contribution is -0.139. The summed E-state index contributed by atoms with van der Waals surface area (Å²) < 4.78 is 10.2. The number of benzene rings is 2. The van der Waals surface area contributed by atoms with Crippen molar-refractivity contribution < 1.29 is 19.1 Å². The lowest BCUT2D eigenvalue weighted by atomic mass is 10.1. The van der Waals surface area contributed by atoms with Crippen molar-refractivity contribution in [3.63, 3.8) is 0 Å². The number of amides is 2. The molecule has 0 bridgehead atoms. The average molecular weight is 342 g/mol. The highest BCUT2D eigenvalue weighted by Crippen LogP contribution is 2.12. The maximum Gasteiger partial charge on any atom is 0.309 e. The van der Waals surface area contributed by atoms with Gasteiger partial charge in [0.05, 0.1) is 14.2 Å². The minimum atomic E-state index is -0.651. The van der Waals surface area contributed by atoms with E-state index in [4.69, 9.17) is 9.47 Å². The molecule has 0 aromatic heterocycles. The largest absolute Gasteiger partial charge is 0.497 e. The Morgan fingerprint density at radius 1 is 0.840 bits per heavy atom. The summed E-state index contributed by atoms with van der Waals surface area (Å²) in [6, 6.07) is 14.9. The highest BCUT2D eigenvalue weighted by atomic mass is 16.5. The maximum atomic E-state index is 11.8. The summed E-state index contributed by atoms with van der Waals surface area (Å²) in [6.07, 6.45) is 0.620. The van der Waals surface area contributed by atoms with E-state index in [1.165, 1.54) is 0 Å². The number of carbonyl (C=O) groups excluding carboxylic acids is 2. The third kappa shape index (κ3) is 5.84. The van der Waals surface area contributed by atoms with Crippen LogP contribution in [0.1, 0.15) is 11.1 Å². The molecule has 2 amide bonds. The first-order valence-electron chi connectivity index (χ1n) is 7.94. The van der Waals surface area contributed by atoms with Crippen LogP contribution in [0.3, 0.4) is 0 Å². The van der Waals surface area contributed by atoms with Crippen molar-refractivity contribution in [2.45, 2.75) is 13.0 Å². The molecular formula is C19H22N2O4. The highest BCUT2D eigenvalue weighted by Gasteiger charge is 2.12. The molecule has 0 aliphatic heterocycles. The zero-order chi connectivity index (χ0) is 18.1. The predicted molar refractivity (Wildman–Crippen MR) is 94.5 cm³/mol. The van der Waals surface area contributed by atoms with E-state index in [0.717, 1.165) is 22.6 Å². The van der Waals surface area contributed by atoms with Crippen LogP contribution in [0.5, 0.6) is 11.5 Å². The van der Waals surface area contributed by atoms with Gasteiger partial charge in [0.15, 0.2) is 0 Å². The molecular weight excluding hydrogens is 320 g/mol. The molecule has 0 aliphatic rings. The minimum absolute atomic E-state index is 0.284. The number of methoxy groups -OCH3 is 2. The summed E-state index contributed by atoms with van der Waals surface area (Å²) in [5.74, 6) is 0.212. The number of ether oxygens (including phenoxy) is 2. The average Bonchev–Trinajstić information content (AvgIpc) is 2.66. The summed E-state index contributed by atoms with van der Waals surface area (Å²) >= 11 is 0. The summed E-state index contributed by atoms with van der Waals surface area (Å²) in [6.45, 7) is 0.661. The Morgan fingerprint density at radius 3 is 2.20 bits per heavy atom. The van der Waals surface area contributed by atoms with E-state index in [1.807, 2.05) is 36.4 Å². The molecule has 0 saturated carbocycles. The molecule has 25 heavy (non-hydrogen) atoms. The lowest BCUT2D eigenvalue weighted by Gasteiger charge is -2.08. The molecule has 2 rings (SSSR count). The normalized spacial score (nSPS) is 10.0. The molecule has 0 saturated heterocycles. The molecule has 0 heterocycles. The van der Waals surface area contributed by atoms with Crippen LogP contribution in [0, 0.1) is 0 Å². The van der Waals surface area contributed by atoms with E-state index in [9.17, 15) is 9.59 Å². The van der Waals surface area contributed by atoms with Gasteiger partial charge in [0, 0.05) is 13.1 Å². The molecule has 0 atom stereocenters. The van der Waals surface area contributed by atoms with E-state index in [2.05, 4.69) is 10.6 Å². The zero-order valence-corrected chi connectivity index (χ0v) is 14.4. The molecule has 2 aromatic carbocycles. The van der Waals surface area contributed by atoms with Gasteiger partial charge in [0.2, 0.25) is 0 Å². The summed E-state index contributed by atoms with van der Waals surface area (Å²) in [5, 5.41) is 5.20. The van der Waals surface area contributed by atoms with E-state index in [-0.39, 0.29) is 6.54 Å². The third-order valence-electron chi connectivity index (χ3n) is 3.65. The fraction of sp³-hybridized carbons (Fsp3) is 0.263. The Morgan fingerprint density at radius 2 is 1.52 bits per heavy atom. The second kappa shape index (κ2) is 9.32. The number of hydrogen-bond acceptors (Lipinski definition) is 4. The molecule has 0 spiro atoms. The van der Waals surface area contributed by atoms with Crippen LogP contribution >= 0.6 is 0 Å². The van der Waals surface area contributed by atoms with Gasteiger partial charge in [-0.05, 0) is 41.8 Å². The van der Waals surface area contributed by atoms with Crippen molar-refractivity contribution in [1.82, 2.24) is 10.6 Å². The second-order valence-electron chi connectivity index (χ2n) is 5.39. The molecule has 132 valence electrons. The van der Waals surface area contributed by atoms with Gasteiger partial charge in [0.1, 0.15) is 11.5 Å². The van der Waals surface area contributed by atoms with Gasteiger partial charge in [0.25, 0.3) is 0 Å². The van der Waals surface area contributed by atoms with Gasteiger partial charge in [-0.25, -0.2) is 0 Å². The monoisotopic (exact) mass is 342 g/mol. The minimum Gasteiger partial charge on any atom is -0.497 e. The second-order valence-corrected chi connectivity index (χ2v) is 5.39. The van der Waals surface area contributed by atoms with Crippen LogP contribution < -0.4 is 20.1 Å². The molecule has 2 aromatic rings. The Kier molecular flexibility index (Phi) is 6.83. The first-order valence-corrected chi connectivity index (χ1v) is 7.94. The maximum absolute atomic E-state index is 11.8. The third-order valence-corrected chi connectivity index (χ3v) is 3.65. The Labute approximate surface area is 147 Å². The number of nitrogens with one attached hydrogen (secondary N) is 2. The fourth-order valence-corrected chi connectivity index (χ4v) is 2.23. The van der Waals surface area contributed by atoms with Crippen molar-refractivity contribution in [2.24, 2.45) is 0 Å². The quantitative estimate of drug-likeness (QED) is 0.751. The van der Waals surface area contributed by atoms with Crippen molar-refractivity contribution in [3.05, 3.63) is 59.7 Å². The Balaban J connectivity index is 1.73. The van der Waals surface area contributed by atoms with Gasteiger partial charge in [-0.2, -0.15) is 0 Å². The standard InChI is InChI=1S/C19H22N2O4/c1-24-16-8-6-15(7-9-16)13-21-19(23)18(22)20-11-10-14-4-3-5-17(12-14)25-2/h3-9,12H,10-11,13H2,1-2H3,(H,20,22)(H,21,23). The molecule has 0 unspecified atom stereocenters. The molecule has 6 nitrogen and oxygen atoms in total. The van der Waals surface area contributed by atoms with E-state index < -0.39 is 11.8 Å². The van der Waals surface area contributed by atoms with Gasteiger partial charge >= 0.3 is 11.8 Å². The number of hydrogen-bond donors (Lipinski definition) is 2. The first-order chi connectivity index (χ1) is 12.1. The topological polar surface area (TPSA) is 76.7 Å². The van der Waals surface area contributed by atoms with Gasteiger partial charge in [-0.15, -0.1) is 0 Å². The van der Waals surface area contributed by atoms with Crippen LogP contribution in [-0.4, -0.2) is 32.6 Å². The van der Waals surface area contributed by atoms with Crippen LogP contribution in [0.2, 0.25) is 0 Å². The smallest absolute Gasteiger partial charge is 0.309 e. The Bertz CT molecular complexity index is 714. The molecule has 0 fully saturated rings. The first kappa shape index (κ1) is 18.3. The Hall–Kier alpha value is -3.02. The van der Waals surface area contributed by atoms with Crippen LogP contribution in [0.15, 0.2) is 48.5 Å². The van der Waals surface area contributed by atoms with Gasteiger partial charge in [-0.1, -0.05) is 24.3 Å². The SMILES string of the molecule is COc1ccc(CNC(=O)C(=O)NCCc2cccc(OC)c2)cc1. The molecule has 2 N–H and O–H groups in total. The predicted octanol–water partition coefficient (Wildman–Crippen LogP) is 1.68. The van der Waals surface area contributed by atoms with E-state index in [1.54, 1.807) is 26.4 Å². The van der Waals surface area contributed by atoms with Gasteiger partial charge in [-0.3, -0.25) is 9.59 Å². The van der Waals surface area contributed by atoms with E-state index in [0.29, 0.717) is 13.0 Å². The highest BCUT2D eigenvalue weighted by molar-refractivity contribution is 6.35. The summed E-state index contributed by atoms with van der Waals surface area (Å²) in [4.78, 5) is 23.6. The van der Waals surface area contributed by atoms with Crippen LogP contribution in [-0.2, 0) is 22.6 Å². The summed E-state index contributed by atoms with van der Waals surface area (Å²) in [7, 11) is 3.20. The van der Waals surface area contributed by atoms with Crippen LogP contribution in [0.4, 0.5) is 0 Å².